The van der Waals surface area contributed by atoms with E-state index < -0.39 is 0 Å². The fourth-order valence-electron chi connectivity index (χ4n) is 2.92. The van der Waals surface area contributed by atoms with Crippen molar-refractivity contribution in [2.45, 2.75) is 38.9 Å². The molecule has 1 atom stereocenters. The van der Waals surface area contributed by atoms with Crippen molar-refractivity contribution in [1.82, 2.24) is 20.2 Å². The van der Waals surface area contributed by atoms with Crippen molar-refractivity contribution < 1.29 is 14.0 Å². The Hall–Kier alpha value is -3.03. The maximum atomic E-state index is 13.3. The Balaban J connectivity index is 1.56. The molecule has 1 saturated heterocycles. The predicted molar refractivity (Wildman–Crippen MR) is 98.5 cm³/mol. The van der Waals surface area contributed by atoms with Crippen LogP contribution in [0.25, 0.3) is 0 Å². The number of nitrogens with zero attached hydrogens (tertiary/aromatic N) is 3. The van der Waals surface area contributed by atoms with Gasteiger partial charge in [0.1, 0.15) is 5.82 Å². The first-order valence-corrected chi connectivity index (χ1v) is 8.82. The van der Waals surface area contributed by atoms with E-state index in [1.807, 2.05) is 13.8 Å². The first-order chi connectivity index (χ1) is 12.9. The number of nitrogens with one attached hydrogen (secondary N) is 2. The number of benzene rings is 1. The van der Waals surface area contributed by atoms with E-state index in [1.54, 1.807) is 17.0 Å². The number of carbonyl (C=O) groups is 2. The van der Waals surface area contributed by atoms with Crippen LogP contribution in [-0.2, 0) is 11.3 Å². The van der Waals surface area contributed by atoms with Gasteiger partial charge in [-0.05, 0) is 31.5 Å². The Morgan fingerprint density at radius 2 is 2.07 bits per heavy atom. The highest BCUT2D eigenvalue weighted by Crippen LogP contribution is 2.16. The number of carbonyl (C=O) groups excluding carboxylic acids is 2. The van der Waals surface area contributed by atoms with E-state index >= 15 is 0 Å². The fraction of sp³-hybridized carbons (Fsp3) is 0.368. The van der Waals surface area contributed by atoms with Crippen molar-refractivity contribution >= 4 is 17.8 Å². The molecule has 2 aromatic rings. The number of amides is 2. The van der Waals surface area contributed by atoms with Gasteiger partial charge in [0, 0.05) is 37.9 Å². The van der Waals surface area contributed by atoms with Crippen LogP contribution in [0.3, 0.4) is 0 Å². The quantitative estimate of drug-likeness (QED) is 0.811. The third kappa shape index (κ3) is 4.99. The molecular formula is C19H22FN5O2. The normalized spacial score (nSPS) is 16.7. The van der Waals surface area contributed by atoms with Gasteiger partial charge in [0.15, 0.2) is 0 Å². The van der Waals surface area contributed by atoms with Gasteiger partial charge in [-0.1, -0.05) is 12.1 Å². The Morgan fingerprint density at radius 3 is 2.74 bits per heavy atom. The van der Waals surface area contributed by atoms with Gasteiger partial charge in [0.2, 0.25) is 11.9 Å². The second kappa shape index (κ2) is 8.11. The highest BCUT2D eigenvalue weighted by atomic mass is 19.1. The minimum Gasteiger partial charge on any atom is -0.352 e. The first-order valence-electron chi connectivity index (χ1n) is 8.82. The molecule has 0 bridgehead atoms. The Labute approximate surface area is 157 Å². The van der Waals surface area contributed by atoms with Crippen molar-refractivity contribution in [3.63, 3.8) is 0 Å². The van der Waals surface area contributed by atoms with E-state index in [0.29, 0.717) is 24.6 Å². The third-order valence-corrected chi connectivity index (χ3v) is 4.14. The zero-order valence-corrected chi connectivity index (χ0v) is 15.3. The summed E-state index contributed by atoms with van der Waals surface area (Å²) in [5, 5.41) is 5.89. The molecule has 1 fully saturated rings. The highest BCUT2D eigenvalue weighted by molar-refractivity contribution is 5.94. The van der Waals surface area contributed by atoms with Crippen LogP contribution in [0.4, 0.5) is 10.3 Å². The lowest BCUT2D eigenvalue weighted by Crippen LogP contribution is -2.37. The third-order valence-electron chi connectivity index (χ3n) is 4.14. The van der Waals surface area contributed by atoms with Crippen LogP contribution in [0.2, 0.25) is 0 Å². The van der Waals surface area contributed by atoms with Gasteiger partial charge in [-0.3, -0.25) is 9.59 Å². The average Bonchev–Trinajstić information content (AvgIpc) is 2.94. The molecule has 2 amide bonds. The SMILES string of the molecule is CC(C)Nc1ncc(C(=O)N[C@@H]2CC(=O)N(Cc3cccc(F)c3)C2)cn1. The van der Waals surface area contributed by atoms with Crippen LogP contribution in [0.15, 0.2) is 36.7 Å². The minimum atomic E-state index is -0.334. The van der Waals surface area contributed by atoms with Gasteiger partial charge >= 0.3 is 0 Å². The van der Waals surface area contributed by atoms with Gasteiger partial charge in [-0.15, -0.1) is 0 Å². The van der Waals surface area contributed by atoms with Crippen molar-refractivity contribution in [1.29, 1.82) is 0 Å². The molecular weight excluding hydrogens is 349 g/mol. The van der Waals surface area contributed by atoms with Crippen molar-refractivity contribution in [3.8, 4) is 0 Å². The second-order valence-electron chi connectivity index (χ2n) is 6.87. The number of rotatable bonds is 6. The van der Waals surface area contributed by atoms with Crippen LogP contribution in [0.1, 0.15) is 36.2 Å². The van der Waals surface area contributed by atoms with E-state index in [2.05, 4.69) is 20.6 Å². The number of anilines is 1. The van der Waals surface area contributed by atoms with E-state index in [4.69, 9.17) is 0 Å². The van der Waals surface area contributed by atoms with E-state index in [0.717, 1.165) is 5.56 Å². The van der Waals surface area contributed by atoms with Crippen LogP contribution in [0, 0.1) is 5.82 Å². The molecule has 3 rings (SSSR count). The molecule has 8 heteroatoms. The summed E-state index contributed by atoms with van der Waals surface area (Å²) < 4.78 is 13.3. The topological polar surface area (TPSA) is 87.2 Å². The van der Waals surface area contributed by atoms with Crippen molar-refractivity contribution in [3.05, 3.63) is 53.6 Å². The summed E-state index contributed by atoms with van der Waals surface area (Å²) in [6.07, 6.45) is 3.12. The van der Waals surface area contributed by atoms with Gasteiger partial charge < -0.3 is 15.5 Å². The van der Waals surface area contributed by atoms with Gasteiger partial charge in [0.25, 0.3) is 5.91 Å². The number of halogens is 1. The molecule has 0 saturated carbocycles. The Kier molecular flexibility index (Phi) is 5.63. The Morgan fingerprint density at radius 1 is 1.33 bits per heavy atom. The van der Waals surface area contributed by atoms with Crippen LogP contribution in [0.5, 0.6) is 0 Å². The van der Waals surface area contributed by atoms with Gasteiger partial charge in [-0.2, -0.15) is 0 Å². The summed E-state index contributed by atoms with van der Waals surface area (Å²) in [6, 6.07) is 6.05. The maximum Gasteiger partial charge on any atom is 0.254 e. The smallest absolute Gasteiger partial charge is 0.254 e. The molecule has 0 unspecified atom stereocenters. The second-order valence-corrected chi connectivity index (χ2v) is 6.87. The molecule has 1 aliphatic heterocycles. The number of hydrogen-bond donors (Lipinski definition) is 2. The van der Waals surface area contributed by atoms with Gasteiger partial charge in [-0.25, -0.2) is 14.4 Å². The van der Waals surface area contributed by atoms with E-state index in [9.17, 15) is 14.0 Å². The fourth-order valence-corrected chi connectivity index (χ4v) is 2.92. The highest BCUT2D eigenvalue weighted by Gasteiger charge is 2.30. The standard InChI is InChI=1S/C19H22FN5O2/c1-12(2)23-19-21-8-14(9-22-19)18(27)24-16-7-17(26)25(11-16)10-13-4-3-5-15(20)6-13/h3-6,8-9,12,16H,7,10-11H2,1-2H3,(H,24,27)(H,21,22,23)/t16-/m1/s1. The molecule has 7 nitrogen and oxygen atoms in total. The average molecular weight is 371 g/mol. The number of hydrogen-bond acceptors (Lipinski definition) is 5. The first kappa shape index (κ1) is 18.8. The van der Waals surface area contributed by atoms with E-state index in [1.165, 1.54) is 24.5 Å². The Bertz CT molecular complexity index is 825. The lowest BCUT2D eigenvalue weighted by molar-refractivity contribution is -0.128. The molecule has 1 aliphatic rings. The lowest BCUT2D eigenvalue weighted by Gasteiger charge is -2.17. The summed E-state index contributed by atoms with van der Waals surface area (Å²) in [6.45, 7) is 4.64. The van der Waals surface area contributed by atoms with Crippen molar-refractivity contribution in [2.75, 3.05) is 11.9 Å². The largest absolute Gasteiger partial charge is 0.352 e. The predicted octanol–water partition coefficient (Wildman–Crippen LogP) is 1.97. The molecule has 142 valence electrons. The van der Waals surface area contributed by atoms with E-state index in [-0.39, 0.29) is 36.1 Å². The van der Waals surface area contributed by atoms with Crippen LogP contribution < -0.4 is 10.6 Å². The maximum absolute atomic E-state index is 13.3. The lowest BCUT2D eigenvalue weighted by atomic mass is 10.2. The molecule has 0 spiro atoms. The zero-order chi connectivity index (χ0) is 19.4. The molecule has 2 heterocycles. The summed E-state index contributed by atoms with van der Waals surface area (Å²) >= 11 is 0. The molecule has 0 aliphatic carbocycles. The summed E-state index contributed by atoms with van der Waals surface area (Å²) in [7, 11) is 0. The van der Waals surface area contributed by atoms with Crippen molar-refractivity contribution in [2.24, 2.45) is 0 Å². The summed E-state index contributed by atoms with van der Waals surface area (Å²) in [5.41, 5.74) is 1.05. The summed E-state index contributed by atoms with van der Waals surface area (Å²) in [4.78, 5) is 34.4. The van der Waals surface area contributed by atoms with Crippen LogP contribution in [-0.4, -0.2) is 45.3 Å². The molecule has 2 N–H and O–H groups in total. The number of likely N-dealkylation sites (tertiary alicyclic amines) is 1. The summed E-state index contributed by atoms with van der Waals surface area (Å²) in [5.74, 6) is -0.271. The molecule has 0 radical (unpaired) electrons. The zero-order valence-electron chi connectivity index (χ0n) is 15.3. The van der Waals surface area contributed by atoms with Crippen LogP contribution >= 0.6 is 0 Å². The van der Waals surface area contributed by atoms with Gasteiger partial charge in [0.05, 0.1) is 11.6 Å². The molecule has 1 aromatic heterocycles. The molecule has 1 aromatic carbocycles. The minimum absolute atomic E-state index is 0.0720. The molecule has 27 heavy (non-hydrogen) atoms. The number of aromatic nitrogens is 2. The monoisotopic (exact) mass is 371 g/mol.